The Kier molecular flexibility index (Phi) is 8.23. The molecule has 0 fully saturated rings. The van der Waals surface area contributed by atoms with Crippen LogP contribution in [0.4, 0.5) is 5.13 Å². The number of carbonyl (C=O) groups is 1. The van der Waals surface area contributed by atoms with Gasteiger partial charge in [0.15, 0.2) is 16.6 Å². The minimum absolute atomic E-state index is 0.200. The van der Waals surface area contributed by atoms with Crippen LogP contribution in [-0.2, 0) is 11.2 Å². The van der Waals surface area contributed by atoms with Gasteiger partial charge >= 0.3 is 0 Å². The number of unbranched alkanes of at least 4 members (excludes halogenated alkanes) is 2. The van der Waals surface area contributed by atoms with Crippen LogP contribution in [0, 0.1) is 0 Å². The number of aromatic nitrogens is 1. The van der Waals surface area contributed by atoms with E-state index < -0.39 is 0 Å². The molecular weight excluding hydrogens is 412 g/mol. The van der Waals surface area contributed by atoms with Crippen molar-refractivity contribution < 1.29 is 14.3 Å². The topological polar surface area (TPSA) is 98.8 Å². The Balaban J connectivity index is 1.56. The number of nitrogens with zero attached hydrogens (tertiary/aromatic N) is 2. The molecule has 0 bridgehead atoms. The largest absolute Gasteiger partial charge is 0.490 e. The molecule has 0 atom stereocenters. The fourth-order valence-corrected chi connectivity index (χ4v) is 3.83. The highest BCUT2D eigenvalue weighted by Crippen LogP contribution is 2.28. The zero-order valence-electron chi connectivity index (χ0n) is 17.9. The molecule has 3 rings (SSSR count). The highest BCUT2D eigenvalue weighted by molar-refractivity contribution is 7.22. The van der Waals surface area contributed by atoms with E-state index in [1.165, 1.54) is 11.3 Å². The lowest BCUT2D eigenvalue weighted by molar-refractivity contribution is -0.120. The predicted molar refractivity (Wildman–Crippen MR) is 126 cm³/mol. The van der Waals surface area contributed by atoms with Crippen molar-refractivity contribution in [2.75, 3.05) is 18.9 Å². The number of nitrogens with two attached hydrogens (primary N) is 1. The van der Waals surface area contributed by atoms with Crippen molar-refractivity contribution in [2.24, 2.45) is 5.10 Å². The quantitative estimate of drug-likeness (QED) is 0.259. The number of hydrogen-bond donors (Lipinski definition) is 2. The number of hydrazone groups is 1. The number of rotatable bonds is 11. The molecule has 31 heavy (non-hydrogen) atoms. The van der Waals surface area contributed by atoms with Crippen LogP contribution in [0.1, 0.15) is 44.2 Å². The van der Waals surface area contributed by atoms with Gasteiger partial charge in [-0.2, -0.15) is 5.10 Å². The van der Waals surface area contributed by atoms with Crippen LogP contribution in [-0.4, -0.2) is 30.3 Å². The van der Waals surface area contributed by atoms with Crippen molar-refractivity contribution >= 4 is 38.8 Å². The van der Waals surface area contributed by atoms with E-state index in [4.69, 9.17) is 15.2 Å². The maximum atomic E-state index is 12.2. The van der Waals surface area contributed by atoms with Gasteiger partial charge in [-0.3, -0.25) is 4.79 Å². The normalized spacial score (nSPS) is 11.2. The average molecular weight is 441 g/mol. The third kappa shape index (κ3) is 6.68. The molecule has 0 saturated carbocycles. The summed E-state index contributed by atoms with van der Waals surface area (Å²) < 4.78 is 12.5. The van der Waals surface area contributed by atoms with Gasteiger partial charge in [-0.1, -0.05) is 37.2 Å². The summed E-state index contributed by atoms with van der Waals surface area (Å²) in [7, 11) is 0. The number of carbonyl (C=O) groups excluding carboxylic acids is 1. The Labute approximate surface area is 186 Å². The molecule has 0 aliphatic rings. The average Bonchev–Trinajstić information content (AvgIpc) is 3.12. The number of thiazole rings is 1. The number of benzene rings is 2. The molecule has 0 radical (unpaired) electrons. The van der Waals surface area contributed by atoms with Gasteiger partial charge < -0.3 is 15.2 Å². The number of nitrogens with one attached hydrogen (secondary N) is 1. The van der Waals surface area contributed by atoms with E-state index in [2.05, 4.69) is 22.4 Å². The van der Waals surface area contributed by atoms with Crippen LogP contribution >= 0.6 is 11.3 Å². The number of hydrogen-bond acceptors (Lipinski definition) is 7. The monoisotopic (exact) mass is 440 g/mol. The zero-order valence-corrected chi connectivity index (χ0v) is 18.7. The SMILES string of the molecule is CCCCCOc1ccc(/C=N\NC(=O)Cc2ccc3nc(N)sc3c2)cc1OCC. The lowest BCUT2D eigenvalue weighted by Crippen LogP contribution is -2.19. The van der Waals surface area contributed by atoms with Crippen LogP contribution in [0.3, 0.4) is 0 Å². The summed E-state index contributed by atoms with van der Waals surface area (Å²) in [5, 5.41) is 4.59. The van der Waals surface area contributed by atoms with Crippen molar-refractivity contribution in [2.45, 2.75) is 39.5 Å². The van der Waals surface area contributed by atoms with Gasteiger partial charge in [-0.25, -0.2) is 10.4 Å². The van der Waals surface area contributed by atoms with Crippen LogP contribution < -0.4 is 20.6 Å². The lowest BCUT2D eigenvalue weighted by Gasteiger charge is -2.12. The van der Waals surface area contributed by atoms with E-state index in [1.807, 2.05) is 43.3 Å². The first-order valence-electron chi connectivity index (χ1n) is 10.5. The zero-order chi connectivity index (χ0) is 22.1. The third-order valence-electron chi connectivity index (χ3n) is 4.51. The number of nitrogen functional groups attached to an aromatic ring is 1. The Bertz CT molecular complexity index is 1050. The number of anilines is 1. The maximum absolute atomic E-state index is 12.2. The summed E-state index contributed by atoms with van der Waals surface area (Å²) in [6.45, 7) is 5.30. The Morgan fingerprint density at radius 3 is 2.84 bits per heavy atom. The Morgan fingerprint density at radius 1 is 1.16 bits per heavy atom. The maximum Gasteiger partial charge on any atom is 0.244 e. The van der Waals surface area contributed by atoms with Crippen LogP contribution in [0.2, 0.25) is 0 Å². The lowest BCUT2D eigenvalue weighted by atomic mass is 10.1. The van der Waals surface area contributed by atoms with Gasteiger partial charge in [-0.05, 0) is 54.8 Å². The molecule has 0 saturated heterocycles. The predicted octanol–water partition coefficient (Wildman–Crippen LogP) is 4.54. The number of amides is 1. The minimum Gasteiger partial charge on any atom is -0.490 e. The molecule has 0 aliphatic carbocycles. The molecule has 3 N–H and O–H groups in total. The van der Waals surface area contributed by atoms with E-state index in [0.29, 0.717) is 24.1 Å². The highest BCUT2D eigenvalue weighted by atomic mass is 32.1. The van der Waals surface area contributed by atoms with E-state index in [9.17, 15) is 4.79 Å². The summed E-state index contributed by atoms with van der Waals surface area (Å²) in [6, 6.07) is 11.3. The van der Waals surface area contributed by atoms with Crippen molar-refractivity contribution in [3.05, 3.63) is 47.5 Å². The molecule has 0 aliphatic heterocycles. The van der Waals surface area contributed by atoms with Gasteiger partial charge in [0.2, 0.25) is 5.91 Å². The first kappa shape index (κ1) is 22.6. The fraction of sp³-hybridized carbons (Fsp3) is 0.348. The summed E-state index contributed by atoms with van der Waals surface area (Å²) in [5.41, 5.74) is 10.8. The van der Waals surface area contributed by atoms with E-state index in [1.54, 1.807) is 6.21 Å². The highest BCUT2D eigenvalue weighted by Gasteiger charge is 2.08. The molecule has 1 amide bonds. The first-order chi connectivity index (χ1) is 15.1. The molecule has 3 aromatic rings. The van der Waals surface area contributed by atoms with Crippen LogP contribution in [0.15, 0.2) is 41.5 Å². The molecule has 0 spiro atoms. The minimum atomic E-state index is -0.200. The van der Waals surface area contributed by atoms with Crippen LogP contribution in [0.25, 0.3) is 10.2 Å². The second-order valence-corrected chi connectivity index (χ2v) is 8.08. The molecule has 7 nitrogen and oxygen atoms in total. The Hall–Kier alpha value is -3.13. The number of fused-ring (bicyclic) bond motifs is 1. The molecule has 2 aromatic carbocycles. The first-order valence-corrected chi connectivity index (χ1v) is 11.3. The molecule has 0 unspecified atom stereocenters. The van der Waals surface area contributed by atoms with E-state index in [0.717, 1.165) is 46.4 Å². The second kappa shape index (κ2) is 11.3. The molecule has 164 valence electrons. The molecule has 1 heterocycles. The molecule has 1 aromatic heterocycles. The summed E-state index contributed by atoms with van der Waals surface area (Å²) in [6.07, 6.45) is 5.12. The summed E-state index contributed by atoms with van der Waals surface area (Å²) in [5.74, 6) is 1.19. The Morgan fingerprint density at radius 2 is 2.03 bits per heavy atom. The van der Waals surface area contributed by atoms with Crippen LogP contribution in [0.5, 0.6) is 11.5 Å². The second-order valence-electron chi connectivity index (χ2n) is 7.02. The van der Waals surface area contributed by atoms with Gasteiger partial charge in [0, 0.05) is 0 Å². The van der Waals surface area contributed by atoms with Gasteiger partial charge in [0.1, 0.15) is 0 Å². The number of ether oxygens (including phenoxy) is 2. The van der Waals surface area contributed by atoms with Crippen molar-refractivity contribution in [1.82, 2.24) is 10.4 Å². The van der Waals surface area contributed by atoms with Gasteiger partial charge in [-0.15, -0.1) is 0 Å². The van der Waals surface area contributed by atoms with Crippen molar-refractivity contribution in [3.8, 4) is 11.5 Å². The molecule has 8 heteroatoms. The fourth-order valence-electron chi connectivity index (χ4n) is 3.03. The smallest absolute Gasteiger partial charge is 0.244 e. The van der Waals surface area contributed by atoms with E-state index >= 15 is 0 Å². The van der Waals surface area contributed by atoms with Gasteiger partial charge in [0.25, 0.3) is 0 Å². The molecular formula is C23H28N4O3S. The summed E-state index contributed by atoms with van der Waals surface area (Å²) in [4.78, 5) is 16.5. The standard InChI is InChI=1S/C23H28N4O3S/c1-3-5-6-11-30-19-10-8-17(12-20(19)29-4-2)15-25-27-22(28)14-16-7-9-18-21(13-16)31-23(24)26-18/h7-10,12-13,15H,3-6,11,14H2,1-2H3,(H2,24,26)(H,27,28)/b25-15-. The summed E-state index contributed by atoms with van der Waals surface area (Å²) >= 11 is 1.41. The van der Waals surface area contributed by atoms with Crippen molar-refractivity contribution in [1.29, 1.82) is 0 Å². The van der Waals surface area contributed by atoms with Crippen molar-refractivity contribution in [3.63, 3.8) is 0 Å². The van der Waals surface area contributed by atoms with Gasteiger partial charge in [0.05, 0.1) is 36.1 Å². The van der Waals surface area contributed by atoms with E-state index in [-0.39, 0.29) is 12.3 Å². The third-order valence-corrected chi connectivity index (χ3v) is 5.36.